The summed E-state index contributed by atoms with van der Waals surface area (Å²) < 4.78 is 2.49. The maximum absolute atomic E-state index is 5.09. The fourth-order valence-electron chi connectivity index (χ4n) is 6.89. The van der Waals surface area contributed by atoms with Crippen LogP contribution in [0.2, 0.25) is 0 Å². The molecule has 0 aliphatic heterocycles. The molecule has 3 aromatic rings. The van der Waals surface area contributed by atoms with Gasteiger partial charge in [0, 0.05) is 30.3 Å². The topological polar surface area (TPSA) is 17.8 Å². The van der Waals surface area contributed by atoms with E-state index in [4.69, 9.17) is 4.98 Å². The number of unbranched alkanes of at least 4 members (excludes halogenated alkanes) is 15. The summed E-state index contributed by atoms with van der Waals surface area (Å²) in [6.07, 6.45) is 29.8. The Morgan fingerprint density at radius 2 is 1.12 bits per heavy atom. The SMILES string of the molecule is CCCCCCCCCCCCCCCC(c1nccn1CCCCCC)C(C)(Cc1ccccc1)c1ccccc1. The van der Waals surface area contributed by atoms with Gasteiger partial charge in [-0.15, -0.1) is 0 Å². The number of benzene rings is 2. The predicted molar refractivity (Wildman–Crippen MR) is 183 cm³/mol. The average Bonchev–Trinajstić information content (AvgIpc) is 3.48. The van der Waals surface area contributed by atoms with Crippen molar-refractivity contribution in [3.05, 3.63) is 90.0 Å². The molecule has 0 aliphatic carbocycles. The molecule has 0 bridgehead atoms. The number of imidazole rings is 1. The Bertz CT molecular complexity index is 1040. The summed E-state index contributed by atoms with van der Waals surface area (Å²) in [4.78, 5) is 5.09. The highest BCUT2D eigenvalue weighted by atomic mass is 15.1. The third kappa shape index (κ3) is 11.7. The number of hydrogen-bond donors (Lipinski definition) is 0. The van der Waals surface area contributed by atoms with Gasteiger partial charge in [0.1, 0.15) is 5.82 Å². The molecule has 2 nitrogen and oxygen atoms in total. The summed E-state index contributed by atoms with van der Waals surface area (Å²) in [5, 5.41) is 0. The van der Waals surface area contributed by atoms with Crippen molar-refractivity contribution in [2.75, 3.05) is 0 Å². The Morgan fingerprint density at radius 1 is 0.619 bits per heavy atom. The second-order valence-corrected chi connectivity index (χ2v) is 13.1. The van der Waals surface area contributed by atoms with E-state index in [1.54, 1.807) is 0 Å². The third-order valence-corrected chi connectivity index (χ3v) is 9.52. The molecule has 3 rings (SSSR count). The molecule has 0 saturated heterocycles. The van der Waals surface area contributed by atoms with Crippen molar-refractivity contribution in [1.29, 1.82) is 0 Å². The van der Waals surface area contributed by atoms with Gasteiger partial charge in [-0.1, -0.05) is 184 Å². The van der Waals surface area contributed by atoms with Crippen molar-refractivity contribution >= 4 is 0 Å². The second kappa shape index (κ2) is 20.5. The Morgan fingerprint density at radius 3 is 1.69 bits per heavy atom. The number of aryl methyl sites for hydroxylation is 1. The Hall–Kier alpha value is -2.35. The van der Waals surface area contributed by atoms with Crippen LogP contribution in [0.4, 0.5) is 0 Å². The Balaban J connectivity index is 1.65. The van der Waals surface area contributed by atoms with E-state index < -0.39 is 0 Å². The zero-order valence-corrected chi connectivity index (χ0v) is 27.5. The summed E-state index contributed by atoms with van der Waals surface area (Å²) in [6.45, 7) is 8.19. The van der Waals surface area contributed by atoms with Crippen LogP contribution < -0.4 is 0 Å². The quantitative estimate of drug-likeness (QED) is 0.0979. The fraction of sp³-hybridized carbons (Fsp3) is 0.625. The van der Waals surface area contributed by atoms with Crippen LogP contribution >= 0.6 is 0 Å². The summed E-state index contributed by atoms with van der Waals surface area (Å²) in [5.74, 6) is 1.68. The Labute approximate surface area is 259 Å². The van der Waals surface area contributed by atoms with E-state index in [0.29, 0.717) is 5.92 Å². The van der Waals surface area contributed by atoms with Gasteiger partial charge in [0.15, 0.2) is 0 Å². The van der Waals surface area contributed by atoms with Crippen LogP contribution in [0.15, 0.2) is 73.1 Å². The van der Waals surface area contributed by atoms with Crippen LogP contribution in [-0.4, -0.2) is 9.55 Å². The Kier molecular flexibility index (Phi) is 16.7. The van der Waals surface area contributed by atoms with E-state index in [1.807, 2.05) is 0 Å². The lowest BCUT2D eigenvalue weighted by atomic mass is 9.66. The summed E-state index contributed by atoms with van der Waals surface area (Å²) >= 11 is 0. The zero-order valence-electron chi connectivity index (χ0n) is 27.5. The van der Waals surface area contributed by atoms with E-state index in [-0.39, 0.29) is 5.41 Å². The van der Waals surface area contributed by atoms with Crippen LogP contribution in [0.25, 0.3) is 0 Å². The maximum Gasteiger partial charge on any atom is 0.112 e. The molecule has 2 unspecified atom stereocenters. The van der Waals surface area contributed by atoms with Gasteiger partial charge >= 0.3 is 0 Å². The van der Waals surface area contributed by atoms with Gasteiger partial charge in [0.2, 0.25) is 0 Å². The van der Waals surface area contributed by atoms with E-state index in [2.05, 4.69) is 98.4 Å². The van der Waals surface area contributed by atoms with E-state index >= 15 is 0 Å². The van der Waals surface area contributed by atoms with Crippen molar-refractivity contribution in [2.45, 2.75) is 161 Å². The summed E-state index contributed by atoms with van der Waals surface area (Å²) in [5.41, 5.74) is 2.83. The van der Waals surface area contributed by atoms with Crippen molar-refractivity contribution in [2.24, 2.45) is 0 Å². The number of nitrogens with zero attached hydrogens (tertiary/aromatic N) is 2. The second-order valence-electron chi connectivity index (χ2n) is 13.1. The molecular formula is C40H62N2. The van der Waals surface area contributed by atoms with Gasteiger partial charge in [0.05, 0.1) is 0 Å². The van der Waals surface area contributed by atoms with Crippen LogP contribution in [0.1, 0.15) is 159 Å². The highest BCUT2D eigenvalue weighted by Crippen LogP contribution is 2.44. The van der Waals surface area contributed by atoms with Crippen molar-refractivity contribution in [1.82, 2.24) is 9.55 Å². The van der Waals surface area contributed by atoms with Crippen LogP contribution in [0.3, 0.4) is 0 Å². The first-order valence-electron chi connectivity index (χ1n) is 17.8. The standard InChI is InChI=1S/C40H62N2/c1-4-6-8-10-11-12-13-14-15-16-17-18-25-31-38(39-41-32-34-42(39)33-26-9-7-5-2)40(3,37-29-23-20-24-30-37)35-36-27-21-19-22-28-36/h19-24,27-30,32,34,38H,4-18,25-26,31,33,35H2,1-3H3. The molecule has 0 radical (unpaired) electrons. The van der Waals surface area contributed by atoms with Gasteiger partial charge in [-0.05, 0) is 30.4 Å². The molecule has 2 heteroatoms. The maximum atomic E-state index is 5.09. The monoisotopic (exact) mass is 570 g/mol. The molecule has 2 aromatic carbocycles. The average molecular weight is 571 g/mol. The van der Waals surface area contributed by atoms with E-state index in [9.17, 15) is 0 Å². The van der Waals surface area contributed by atoms with Crippen LogP contribution in [0.5, 0.6) is 0 Å². The van der Waals surface area contributed by atoms with E-state index in [1.165, 1.54) is 133 Å². The third-order valence-electron chi connectivity index (χ3n) is 9.52. The van der Waals surface area contributed by atoms with Crippen molar-refractivity contribution in [3.8, 4) is 0 Å². The first-order chi connectivity index (χ1) is 20.7. The molecule has 0 amide bonds. The van der Waals surface area contributed by atoms with Gasteiger partial charge in [0.25, 0.3) is 0 Å². The molecular weight excluding hydrogens is 508 g/mol. The molecule has 0 N–H and O–H groups in total. The summed E-state index contributed by atoms with van der Waals surface area (Å²) in [7, 11) is 0. The van der Waals surface area contributed by atoms with Crippen LogP contribution in [-0.2, 0) is 18.4 Å². The molecule has 1 aromatic heterocycles. The predicted octanol–water partition coefficient (Wildman–Crippen LogP) is 12.2. The van der Waals surface area contributed by atoms with Gasteiger partial charge < -0.3 is 4.57 Å². The van der Waals surface area contributed by atoms with E-state index in [0.717, 1.165) is 13.0 Å². The van der Waals surface area contributed by atoms with Gasteiger partial charge in [-0.25, -0.2) is 4.98 Å². The molecule has 0 aliphatic rings. The normalized spacial score (nSPS) is 13.7. The fourth-order valence-corrected chi connectivity index (χ4v) is 6.89. The first-order valence-corrected chi connectivity index (χ1v) is 17.8. The molecule has 42 heavy (non-hydrogen) atoms. The molecule has 0 saturated carbocycles. The molecule has 1 heterocycles. The largest absolute Gasteiger partial charge is 0.335 e. The molecule has 0 spiro atoms. The minimum atomic E-state index is -0.0216. The minimum Gasteiger partial charge on any atom is -0.335 e. The molecule has 232 valence electrons. The molecule has 2 atom stereocenters. The van der Waals surface area contributed by atoms with Crippen LogP contribution in [0, 0.1) is 0 Å². The van der Waals surface area contributed by atoms with Crippen molar-refractivity contribution in [3.63, 3.8) is 0 Å². The molecule has 0 fully saturated rings. The number of hydrogen-bond acceptors (Lipinski definition) is 1. The minimum absolute atomic E-state index is 0.0216. The lowest BCUT2D eigenvalue weighted by Gasteiger charge is -2.39. The zero-order chi connectivity index (χ0) is 29.7. The first kappa shape index (κ1) is 34.1. The highest BCUT2D eigenvalue weighted by molar-refractivity contribution is 5.33. The smallest absolute Gasteiger partial charge is 0.112 e. The van der Waals surface area contributed by atoms with Gasteiger partial charge in [-0.2, -0.15) is 0 Å². The number of aromatic nitrogens is 2. The lowest BCUT2D eigenvalue weighted by molar-refractivity contribution is 0.321. The lowest BCUT2D eigenvalue weighted by Crippen LogP contribution is -2.35. The van der Waals surface area contributed by atoms with Crippen molar-refractivity contribution < 1.29 is 0 Å². The van der Waals surface area contributed by atoms with Gasteiger partial charge in [-0.3, -0.25) is 0 Å². The highest BCUT2D eigenvalue weighted by Gasteiger charge is 2.39. The number of rotatable bonds is 24. The summed E-state index contributed by atoms with van der Waals surface area (Å²) in [6, 6.07) is 22.4.